The van der Waals surface area contributed by atoms with Crippen LogP contribution < -0.4 is 5.73 Å². The predicted molar refractivity (Wildman–Crippen MR) is 86.5 cm³/mol. The van der Waals surface area contributed by atoms with E-state index in [1.54, 1.807) is 0 Å². The van der Waals surface area contributed by atoms with Crippen molar-refractivity contribution in [3.8, 4) is 0 Å². The van der Waals surface area contributed by atoms with Gasteiger partial charge in [0, 0.05) is 41.3 Å². The number of likely N-dealkylation sites (N-methyl/N-ethyl adjacent to an activating group) is 1. The molecule has 1 aromatic carbocycles. The fraction of sp³-hybridized carbons (Fsp3) is 0.600. The molecule has 0 radical (unpaired) electrons. The van der Waals surface area contributed by atoms with E-state index in [0.29, 0.717) is 28.5 Å². The van der Waals surface area contributed by atoms with Crippen molar-refractivity contribution in [1.29, 1.82) is 0 Å². The van der Waals surface area contributed by atoms with E-state index in [0.717, 1.165) is 18.7 Å². The van der Waals surface area contributed by atoms with Crippen LogP contribution in [0, 0.1) is 5.92 Å². The molecule has 3 unspecified atom stereocenters. The lowest BCUT2D eigenvalue weighted by Gasteiger charge is -2.29. The number of nitrogens with two attached hydrogens (primary N) is 1. The molecule has 0 spiro atoms. The fourth-order valence-corrected chi connectivity index (χ4v) is 3.84. The van der Waals surface area contributed by atoms with Crippen LogP contribution in [0.4, 0.5) is 0 Å². The van der Waals surface area contributed by atoms with Crippen LogP contribution in [0.3, 0.4) is 0 Å². The minimum atomic E-state index is 0.0867. The quantitative estimate of drug-likeness (QED) is 0.927. The molecule has 0 aliphatic carbocycles. The molecule has 20 heavy (non-hydrogen) atoms. The second-order valence-corrected chi connectivity index (χ2v) is 6.66. The first-order valence-electron chi connectivity index (χ1n) is 7.00. The number of nitrogens with zero attached hydrogens (tertiary/aromatic N) is 2. The van der Waals surface area contributed by atoms with Crippen molar-refractivity contribution in [3.05, 3.63) is 33.8 Å². The van der Waals surface area contributed by atoms with Crippen LogP contribution in [-0.2, 0) is 0 Å². The molecule has 1 fully saturated rings. The number of rotatable bonds is 4. The van der Waals surface area contributed by atoms with Gasteiger partial charge in [-0.05, 0) is 32.1 Å². The summed E-state index contributed by atoms with van der Waals surface area (Å²) in [5, 5.41) is 1.41. The molecule has 3 nitrogen and oxygen atoms in total. The molecule has 0 aromatic heterocycles. The number of hydrogen-bond acceptors (Lipinski definition) is 3. The van der Waals surface area contributed by atoms with E-state index in [4.69, 9.17) is 28.9 Å². The van der Waals surface area contributed by atoms with Crippen molar-refractivity contribution in [1.82, 2.24) is 9.80 Å². The van der Waals surface area contributed by atoms with Crippen LogP contribution in [-0.4, -0.2) is 49.6 Å². The molecule has 5 heteroatoms. The molecule has 3 atom stereocenters. The Hall–Kier alpha value is -0.320. The van der Waals surface area contributed by atoms with Crippen molar-refractivity contribution < 1.29 is 0 Å². The topological polar surface area (TPSA) is 32.5 Å². The van der Waals surface area contributed by atoms with Gasteiger partial charge in [-0.2, -0.15) is 0 Å². The zero-order chi connectivity index (χ0) is 14.9. The van der Waals surface area contributed by atoms with Gasteiger partial charge in [0.2, 0.25) is 0 Å². The summed E-state index contributed by atoms with van der Waals surface area (Å²) in [6, 6.07) is 6.27. The Morgan fingerprint density at radius 2 is 1.90 bits per heavy atom. The molecule has 0 amide bonds. The average Bonchev–Trinajstić information content (AvgIpc) is 2.76. The summed E-state index contributed by atoms with van der Waals surface area (Å²) in [6.07, 6.45) is 0. The van der Waals surface area contributed by atoms with E-state index < -0.39 is 0 Å². The van der Waals surface area contributed by atoms with Crippen molar-refractivity contribution in [3.63, 3.8) is 0 Å². The van der Waals surface area contributed by atoms with Crippen LogP contribution in [0.25, 0.3) is 0 Å². The summed E-state index contributed by atoms with van der Waals surface area (Å²) in [5.41, 5.74) is 6.98. The molecular weight excluding hydrogens is 293 g/mol. The Balaban J connectivity index is 2.26. The highest BCUT2D eigenvalue weighted by Gasteiger charge is 2.35. The summed E-state index contributed by atoms with van der Waals surface area (Å²) in [6.45, 7) is 4.83. The summed E-state index contributed by atoms with van der Waals surface area (Å²) >= 11 is 12.7. The van der Waals surface area contributed by atoms with Crippen LogP contribution in [0.5, 0.6) is 0 Å². The Labute approximate surface area is 131 Å². The van der Waals surface area contributed by atoms with Gasteiger partial charge in [-0.25, -0.2) is 0 Å². The molecular formula is C15H23Cl2N3. The van der Waals surface area contributed by atoms with Gasteiger partial charge in [-0.15, -0.1) is 0 Å². The smallest absolute Gasteiger partial charge is 0.0500 e. The minimum Gasteiger partial charge on any atom is -0.329 e. The van der Waals surface area contributed by atoms with Crippen molar-refractivity contribution >= 4 is 23.2 Å². The second kappa shape index (κ2) is 6.63. The molecule has 112 valence electrons. The van der Waals surface area contributed by atoms with Gasteiger partial charge < -0.3 is 10.6 Å². The maximum Gasteiger partial charge on any atom is 0.0500 e. The maximum absolute atomic E-state index is 6.34. The molecule has 1 saturated heterocycles. The Kier molecular flexibility index (Phi) is 5.32. The molecule has 2 rings (SSSR count). The number of likely N-dealkylation sites (tertiary alicyclic amines) is 1. The molecule has 1 aliphatic rings. The maximum atomic E-state index is 6.34. The van der Waals surface area contributed by atoms with E-state index in [2.05, 4.69) is 30.8 Å². The first-order chi connectivity index (χ1) is 9.45. The summed E-state index contributed by atoms with van der Waals surface area (Å²) in [5.74, 6) is 0.611. The number of benzene rings is 1. The molecule has 0 bridgehead atoms. The van der Waals surface area contributed by atoms with Gasteiger partial charge >= 0.3 is 0 Å². The van der Waals surface area contributed by atoms with Crippen LogP contribution in [0.2, 0.25) is 10.0 Å². The lowest BCUT2D eigenvalue weighted by Crippen LogP contribution is -2.36. The lowest BCUT2D eigenvalue weighted by atomic mass is 10.1. The fourth-order valence-electron chi connectivity index (χ4n) is 3.19. The third-order valence-electron chi connectivity index (χ3n) is 4.26. The van der Waals surface area contributed by atoms with E-state index >= 15 is 0 Å². The normalized spacial score (nSPS) is 25.4. The number of hydrogen-bond donors (Lipinski definition) is 1. The van der Waals surface area contributed by atoms with Crippen LogP contribution in [0.1, 0.15) is 18.5 Å². The molecule has 0 saturated carbocycles. The highest BCUT2D eigenvalue weighted by Crippen LogP contribution is 2.36. The first-order valence-corrected chi connectivity index (χ1v) is 7.75. The van der Waals surface area contributed by atoms with Crippen LogP contribution >= 0.6 is 23.2 Å². The van der Waals surface area contributed by atoms with Crippen molar-refractivity contribution in [2.24, 2.45) is 11.7 Å². The number of halogens is 2. The zero-order valence-electron chi connectivity index (χ0n) is 12.3. The highest BCUT2D eigenvalue weighted by atomic mass is 35.5. The van der Waals surface area contributed by atoms with E-state index in [-0.39, 0.29) is 6.04 Å². The largest absolute Gasteiger partial charge is 0.329 e. The van der Waals surface area contributed by atoms with Crippen molar-refractivity contribution in [2.45, 2.75) is 19.0 Å². The Morgan fingerprint density at radius 1 is 1.30 bits per heavy atom. The molecule has 1 aliphatic heterocycles. The predicted octanol–water partition coefficient (Wildman–Crippen LogP) is 2.88. The van der Waals surface area contributed by atoms with Crippen LogP contribution in [0.15, 0.2) is 18.2 Å². The standard InChI is InChI=1S/C15H23Cl2N3/c1-10-8-20(9-14(10)19(2)3)13(7-18)15-11(16)5-4-6-12(15)17/h4-6,10,13-14H,7-9,18H2,1-3H3. The molecule has 1 heterocycles. The van der Waals surface area contributed by atoms with Gasteiger partial charge in [0.05, 0.1) is 6.04 Å². The summed E-state index contributed by atoms with van der Waals surface area (Å²) in [4.78, 5) is 4.69. The molecule has 2 N–H and O–H groups in total. The summed E-state index contributed by atoms with van der Waals surface area (Å²) in [7, 11) is 4.26. The van der Waals surface area contributed by atoms with Crippen molar-refractivity contribution in [2.75, 3.05) is 33.7 Å². The van der Waals surface area contributed by atoms with Gasteiger partial charge in [0.25, 0.3) is 0 Å². The third-order valence-corrected chi connectivity index (χ3v) is 4.92. The second-order valence-electron chi connectivity index (χ2n) is 5.85. The first kappa shape index (κ1) is 16.1. The minimum absolute atomic E-state index is 0.0867. The van der Waals surface area contributed by atoms with Gasteiger partial charge in [-0.1, -0.05) is 36.2 Å². The molecule has 1 aromatic rings. The third kappa shape index (κ3) is 3.12. The SMILES string of the molecule is CC1CN(C(CN)c2c(Cl)cccc2Cl)CC1N(C)C. The summed E-state index contributed by atoms with van der Waals surface area (Å²) < 4.78 is 0. The zero-order valence-corrected chi connectivity index (χ0v) is 13.8. The Bertz CT molecular complexity index is 444. The highest BCUT2D eigenvalue weighted by molar-refractivity contribution is 6.36. The Morgan fingerprint density at radius 3 is 2.35 bits per heavy atom. The van der Waals surface area contributed by atoms with E-state index in [9.17, 15) is 0 Å². The van der Waals surface area contributed by atoms with E-state index in [1.165, 1.54) is 0 Å². The van der Waals surface area contributed by atoms with Gasteiger partial charge in [0.15, 0.2) is 0 Å². The lowest BCUT2D eigenvalue weighted by molar-refractivity contribution is 0.219. The van der Waals surface area contributed by atoms with Gasteiger partial charge in [0.1, 0.15) is 0 Å². The van der Waals surface area contributed by atoms with Gasteiger partial charge in [-0.3, -0.25) is 4.90 Å². The monoisotopic (exact) mass is 315 g/mol. The average molecular weight is 316 g/mol. The van der Waals surface area contributed by atoms with E-state index in [1.807, 2.05) is 18.2 Å².